The SMILES string of the molecule is CC1Cc2ccccc2N1/C=C(/C#N)C(=O)Nc1ccc(Cl)cc1Cl. The Bertz CT molecular complexity index is 902. The lowest BCUT2D eigenvalue weighted by atomic mass is 10.1. The van der Waals surface area contributed by atoms with Gasteiger partial charge in [-0.3, -0.25) is 4.79 Å². The van der Waals surface area contributed by atoms with Crippen LogP contribution in [0.1, 0.15) is 12.5 Å². The average Bonchev–Trinajstić information content (AvgIpc) is 2.90. The van der Waals surface area contributed by atoms with Crippen LogP contribution in [0.3, 0.4) is 0 Å². The van der Waals surface area contributed by atoms with E-state index in [0.717, 1.165) is 12.1 Å². The van der Waals surface area contributed by atoms with Gasteiger partial charge >= 0.3 is 0 Å². The molecule has 0 fully saturated rings. The van der Waals surface area contributed by atoms with E-state index in [9.17, 15) is 10.1 Å². The van der Waals surface area contributed by atoms with Gasteiger partial charge in [0.15, 0.2) is 0 Å². The van der Waals surface area contributed by atoms with E-state index in [1.54, 1.807) is 18.3 Å². The van der Waals surface area contributed by atoms with Gasteiger partial charge in [0.2, 0.25) is 0 Å². The number of amides is 1. The number of hydrogen-bond acceptors (Lipinski definition) is 3. The van der Waals surface area contributed by atoms with E-state index in [2.05, 4.69) is 18.3 Å². The molecule has 126 valence electrons. The largest absolute Gasteiger partial charge is 0.343 e. The summed E-state index contributed by atoms with van der Waals surface area (Å²) in [6.45, 7) is 2.06. The Kier molecular flexibility index (Phi) is 4.98. The molecule has 0 saturated heterocycles. The van der Waals surface area contributed by atoms with Crippen LogP contribution >= 0.6 is 23.2 Å². The van der Waals surface area contributed by atoms with E-state index < -0.39 is 5.91 Å². The topological polar surface area (TPSA) is 56.1 Å². The third kappa shape index (κ3) is 3.63. The predicted molar refractivity (Wildman–Crippen MR) is 101 cm³/mol. The van der Waals surface area contributed by atoms with E-state index in [-0.39, 0.29) is 11.6 Å². The van der Waals surface area contributed by atoms with Crippen LogP contribution in [-0.4, -0.2) is 11.9 Å². The number of fused-ring (bicyclic) bond motifs is 1. The lowest BCUT2D eigenvalue weighted by Gasteiger charge is -2.20. The molecule has 0 radical (unpaired) electrons. The normalized spacial score (nSPS) is 16.3. The Balaban J connectivity index is 1.86. The monoisotopic (exact) mass is 371 g/mol. The first-order valence-electron chi connectivity index (χ1n) is 7.74. The zero-order valence-electron chi connectivity index (χ0n) is 13.5. The number of benzene rings is 2. The minimum Gasteiger partial charge on any atom is -0.343 e. The molecule has 0 spiro atoms. The van der Waals surface area contributed by atoms with E-state index in [4.69, 9.17) is 23.2 Å². The number of carbonyl (C=O) groups is 1. The Morgan fingerprint density at radius 1 is 1.32 bits per heavy atom. The highest BCUT2D eigenvalue weighted by atomic mass is 35.5. The molecule has 2 aromatic carbocycles. The molecule has 0 saturated carbocycles. The number of carbonyl (C=O) groups excluding carboxylic acids is 1. The van der Waals surface area contributed by atoms with Crippen LogP contribution in [0.5, 0.6) is 0 Å². The Morgan fingerprint density at radius 2 is 2.08 bits per heavy atom. The van der Waals surface area contributed by atoms with Crippen LogP contribution in [0.4, 0.5) is 11.4 Å². The molecule has 1 heterocycles. The summed E-state index contributed by atoms with van der Waals surface area (Å²) < 4.78 is 0. The van der Waals surface area contributed by atoms with Crippen LogP contribution < -0.4 is 10.2 Å². The van der Waals surface area contributed by atoms with Gasteiger partial charge in [0.05, 0.1) is 10.7 Å². The number of nitriles is 1. The molecule has 1 aliphatic heterocycles. The van der Waals surface area contributed by atoms with E-state index in [1.807, 2.05) is 29.2 Å². The molecule has 2 aromatic rings. The van der Waals surface area contributed by atoms with Crippen molar-refractivity contribution in [2.45, 2.75) is 19.4 Å². The Labute approximate surface area is 156 Å². The van der Waals surface area contributed by atoms with Crippen molar-refractivity contribution in [3.05, 3.63) is 69.8 Å². The molecule has 1 unspecified atom stereocenters. The summed E-state index contributed by atoms with van der Waals surface area (Å²) in [5, 5.41) is 12.9. The second-order valence-corrected chi connectivity index (χ2v) is 6.67. The van der Waals surface area contributed by atoms with E-state index in [0.29, 0.717) is 15.7 Å². The van der Waals surface area contributed by atoms with Gasteiger partial charge in [0.25, 0.3) is 5.91 Å². The van der Waals surface area contributed by atoms with Gasteiger partial charge < -0.3 is 10.2 Å². The van der Waals surface area contributed by atoms with Gasteiger partial charge in [0, 0.05) is 23.0 Å². The maximum atomic E-state index is 12.5. The highest BCUT2D eigenvalue weighted by molar-refractivity contribution is 6.36. The third-order valence-corrected chi connectivity index (χ3v) is 4.62. The maximum absolute atomic E-state index is 12.5. The van der Waals surface area contributed by atoms with Crippen LogP contribution in [0, 0.1) is 11.3 Å². The van der Waals surface area contributed by atoms with Gasteiger partial charge in [-0.2, -0.15) is 5.26 Å². The number of anilines is 2. The second-order valence-electron chi connectivity index (χ2n) is 5.82. The molecule has 6 heteroatoms. The Morgan fingerprint density at radius 3 is 2.80 bits per heavy atom. The summed E-state index contributed by atoms with van der Waals surface area (Å²) in [6.07, 6.45) is 2.46. The summed E-state index contributed by atoms with van der Waals surface area (Å²) >= 11 is 11.9. The van der Waals surface area contributed by atoms with Crippen molar-refractivity contribution >= 4 is 40.5 Å². The molecule has 0 aromatic heterocycles. The van der Waals surface area contributed by atoms with E-state index >= 15 is 0 Å². The predicted octanol–water partition coefficient (Wildman–Crippen LogP) is 4.79. The highest BCUT2D eigenvalue weighted by Gasteiger charge is 2.25. The van der Waals surface area contributed by atoms with Crippen molar-refractivity contribution in [2.75, 3.05) is 10.2 Å². The fourth-order valence-corrected chi connectivity index (χ4v) is 3.30. The van der Waals surface area contributed by atoms with Crippen LogP contribution in [-0.2, 0) is 11.2 Å². The molecule has 0 aliphatic carbocycles. The van der Waals surface area contributed by atoms with E-state index in [1.165, 1.54) is 11.6 Å². The molecule has 4 nitrogen and oxygen atoms in total. The standard InChI is InChI=1S/C19H15Cl2N3O/c1-12-8-13-4-2-3-5-18(13)24(12)11-14(10-22)19(25)23-17-7-6-15(20)9-16(17)21/h2-7,9,11-12H,8H2,1H3,(H,23,25)/b14-11-. The van der Waals surface area contributed by atoms with Crippen molar-refractivity contribution < 1.29 is 4.79 Å². The van der Waals surface area contributed by atoms with Crippen molar-refractivity contribution in [2.24, 2.45) is 0 Å². The quantitative estimate of drug-likeness (QED) is 0.623. The zero-order valence-corrected chi connectivity index (χ0v) is 15.0. The molecule has 1 atom stereocenters. The summed E-state index contributed by atoms with van der Waals surface area (Å²) in [5.74, 6) is -0.511. The minimum atomic E-state index is -0.511. The second kappa shape index (κ2) is 7.18. The Hall–Kier alpha value is -2.48. The fraction of sp³-hybridized carbons (Fsp3) is 0.158. The van der Waals surface area contributed by atoms with Gasteiger partial charge in [0.1, 0.15) is 11.6 Å². The van der Waals surface area contributed by atoms with Crippen LogP contribution in [0.25, 0.3) is 0 Å². The first kappa shape index (κ1) is 17.3. The number of para-hydroxylation sites is 1. The summed E-state index contributed by atoms with van der Waals surface area (Å²) in [5.41, 5.74) is 2.63. The lowest BCUT2D eigenvalue weighted by Crippen LogP contribution is -2.25. The highest BCUT2D eigenvalue weighted by Crippen LogP contribution is 2.32. The van der Waals surface area contributed by atoms with Crippen molar-refractivity contribution in [3.63, 3.8) is 0 Å². The number of halogens is 2. The third-order valence-electron chi connectivity index (χ3n) is 4.07. The molecule has 0 bridgehead atoms. The van der Waals surface area contributed by atoms with Gasteiger partial charge in [-0.25, -0.2) is 0 Å². The maximum Gasteiger partial charge on any atom is 0.267 e. The smallest absolute Gasteiger partial charge is 0.267 e. The first-order chi connectivity index (χ1) is 12.0. The van der Waals surface area contributed by atoms with Crippen LogP contribution in [0.2, 0.25) is 10.0 Å². The van der Waals surface area contributed by atoms with Crippen LogP contribution in [0.15, 0.2) is 54.2 Å². The molecule has 1 amide bonds. The fourth-order valence-electron chi connectivity index (χ4n) is 2.84. The average molecular weight is 372 g/mol. The molecule has 1 N–H and O–H groups in total. The molecular weight excluding hydrogens is 357 g/mol. The van der Waals surface area contributed by atoms with Gasteiger partial charge in [-0.15, -0.1) is 0 Å². The summed E-state index contributed by atoms with van der Waals surface area (Å²) in [4.78, 5) is 14.4. The molecule has 25 heavy (non-hydrogen) atoms. The van der Waals surface area contributed by atoms with Gasteiger partial charge in [-0.05, 0) is 43.2 Å². The molecule has 3 rings (SSSR count). The molecular formula is C19H15Cl2N3O. The van der Waals surface area contributed by atoms with Gasteiger partial charge in [-0.1, -0.05) is 41.4 Å². The summed E-state index contributed by atoms with van der Waals surface area (Å²) in [6, 6.07) is 14.9. The van der Waals surface area contributed by atoms with Crippen molar-refractivity contribution in [1.82, 2.24) is 0 Å². The first-order valence-corrected chi connectivity index (χ1v) is 8.49. The molecule has 1 aliphatic rings. The summed E-state index contributed by atoms with van der Waals surface area (Å²) in [7, 11) is 0. The zero-order chi connectivity index (χ0) is 18.0. The van der Waals surface area contributed by atoms with Crippen molar-refractivity contribution in [3.8, 4) is 6.07 Å². The number of hydrogen-bond donors (Lipinski definition) is 1. The lowest BCUT2D eigenvalue weighted by molar-refractivity contribution is -0.112. The minimum absolute atomic E-state index is 0.00886. The number of nitrogens with zero attached hydrogens (tertiary/aromatic N) is 2. The number of nitrogens with one attached hydrogen (secondary N) is 1. The van der Waals surface area contributed by atoms with Crippen molar-refractivity contribution in [1.29, 1.82) is 5.26 Å². The number of rotatable bonds is 3.